The fourth-order valence-corrected chi connectivity index (χ4v) is 4.39. The van der Waals surface area contributed by atoms with Crippen LogP contribution in [0.3, 0.4) is 0 Å². The van der Waals surface area contributed by atoms with Crippen LogP contribution in [0, 0.1) is 12.3 Å². The zero-order valence-corrected chi connectivity index (χ0v) is 14.1. The SMILES string of the molecule is C#CCN(C1CCCCC1)C1CCN(c2ncnc3[nH]ccc23)C1. The van der Waals surface area contributed by atoms with E-state index in [4.69, 9.17) is 6.42 Å². The van der Waals surface area contributed by atoms with Gasteiger partial charge in [0.25, 0.3) is 0 Å². The molecule has 1 aliphatic heterocycles. The van der Waals surface area contributed by atoms with Crippen molar-refractivity contribution in [1.82, 2.24) is 19.9 Å². The van der Waals surface area contributed by atoms with Crippen molar-refractivity contribution in [2.75, 3.05) is 24.5 Å². The Morgan fingerprint density at radius 2 is 2.08 bits per heavy atom. The van der Waals surface area contributed by atoms with E-state index in [1.165, 1.54) is 32.1 Å². The van der Waals surface area contributed by atoms with Crippen LogP contribution in [0.15, 0.2) is 18.6 Å². The van der Waals surface area contributed by atoms with Crippen molar-refractivity contribution >= 4 is 16.9 Å². The number of aromatic nitrogens is 3. The summed E-state index contributed by atoms with van der Waals surface area (Å²) in [6.07, 6.45) is 17.1. The molecule has 2 aromatic heterocycles. The number of nitrogens with zero attached hydrogens (tertiary/aromatic N) is 4. The van der Waals surface area contributed by atoms with Crippen molar-refractivity contribution in [3.63, 3.8) is 0 Å². The Labute approximate surface area is 143 Å². The second kappa shape index (κ2) is 6.82. The summed E-state index contributed by atoms with van der Waals surface area (Å²) in [5.74, 6) is 3.95. The highest BCUT2D eigenvalue weighted by molar-refractivity contribution is 5.87. The molecular formula is C19H25N5. The Balaban J connectivity index is 1.52. The van der Waals surface area contributed by atoms with Crippen molar-refractivity contribution in [2.24, 2.45) is 0 Å². The predicted octanol–water partition coefficient (Wildman–Crippen LogP) is 2.80. The molecule has 2 fully saturated rings. The smallest absolute Gasteiger partial charge is 0.142 e. The zero-order chi connectivity index (χ0) is 16.4. The van der Waals surface area contributed by atoms with Crippen molar-refractivity contribution in [1.29, 1.82) is 0 Å². The molecule has 2 aliphatic rings. The molecule has 1 unspecified atom stereocenters. The van der Waals surface area contributed by atoms with E-state index in [-0.39, 0.29) is 0 Å². The zero-order valence-electron chi connectivity index (χ0n) is 14.1. The van der Waals surface area contributed by atoms with Gasteiger partial charge in [-0.25, -0.2) is 9.97 Å². The van der Waals surface area contributed by atoms with E-state index in [9.17, 15) is 0 Å². The lowest BCUT2D eigenvalue weighted by atomic mass is 9.93. The number of hydrogen-bond acceptors (Lipinski definition) is 4. The molecule has 0 amide bonds. The predicted molar refractivity (Wildman–Crippen MR) is 96.9 cm³/mol. The molecule has 5 nitrogen and oxygen atoms in total. The maximum atomic E-state index is 5.68. The average Bonchev–Trinajstić information content (AvgIpc) is 3.29. The number of hydrogen-bond donors (Lipinski definition) is 1. The Kier molecular flexibility index (Phi) is 4.40. The topological polar surface area (TPSA) is 48.1 Å². The van der Waals surface area contributed by atoms with Gasteiger partial charge >= 0.3 is 0 Å². The summed E-state index contributed by atoms with van der Waals surface area (Å²) < 4.78 is 0. The van der Waals surface area contributed by atoms with Crippen molar-refractivity contribution in [2.45, 2.75) is 50.6 Å². The first kappa shape index (κ1) is 15.5. The van der Waals surface area contributed by atoms with E-state index in [1.807, 2.05) is 6.20 Å². The van der Waals surface area contributed by atoms with Gasteiger partial charge in [0.15, 0.2) is 0 Å². The number of fused-ring (bicyclic) bond motifs is 1. The first-order valence-electron chi connectivity index (χ1n) is 9.09. The number of H-pyrrole nitrogens is 1. The average molecular weight is 323 g/mol. The lowest BCUT2D eigenvalue weighted by Crippen LogP contribution is -2.45. The fraction of sp³-hybridized carbons (Fsp3) is 0.579. The molecule has 24 heavy (non-hydrogen) atoms. The van der Waals surface area contributed by atoms with E-state index >= 15 is 0 Å². The summed E-state index contributed by atoms with van der Waals surface area (Å²) in [7, 11) is 0. The number of aromatic amines is 1. The van der Waals surface area contributed by atoms with Crippen molar-refractivity contribution in [3.8, 4) is 12.3 Å². The van der Waals surface area contributed by atoms with Crippen LogP contribution in [0.25, 0.3) is 11.0 Å². The Morgan fingerprint density at radius 3 is 2.92 bits per heavy atom. The second-order valence-corrected chi connectivity index (χ2v) is 6.99. The molecule has 4 rings (SSSR count). The van der Waals surface area contributed by atoms with E-state index in [0.717, 1.165) is 42.9 Å². The molecule has 1 atom stereocenters. The Hall–Kier alpha value is -2.06. The van der Waals surface area contributed by atoms with Gasteiger partial charge in [-0.2, -0.15) is 0 Å². The van der Waals surface area contributed by atoms with E-state index in [0.29, 0.717) is 12.1 Å². The first-order chi connectivity index (χ1) is 11.9. The minimum Gasteiger partial charge on any atom is -0.354 e. The summed E-state index contributed by atoms with van der Waals surface area (Å²) in [5.41, 5.74) is 0.913. The lowest BCUT2D eigenvalue weighted by molar-refractivity contribution is 0.131. The summed E-state index contributed by atoms with van der Waals surface area (Å²) in [4.78, 5) is 17.0. The third-order valence-corrected chi connectivity index (χ3v) is 5.58. The standard InChI is InChI=1S/C19H25N5/c1-2-11-24(15-6-4-3-5-7-15)16-9-12-23(13-16)19-17-8-10-20-18(17)21-14-22-19/h1,8,10,14-16H,3-7,9,11-13H2,(H,20,21,22). The van der Waals surface area contributed by atoms with Crippen LogP contribution < -0.4 is 4.90 Å². The third kappa shape index (κ3) is 2.87. The van der Waals surface area contributed by atoms with E-state index < -0.39 is 0 Å². The van der Waals surface area contributed by atoms with Gasteiger partial charge in [-0.15, -0.1) is 6.42 Å². The van der Waals surface area contributed by atoms with Gasteiger partial charge in [-0.1, -0.05) is 25.2 Å². The van der Waals surface area contributed by atoms with Gasteiger partial charge in [0.1, 0.15) is 17.8 Å². The summed E-state index contributed by atoms with van der Waals surface area (Å²) in [6, 6.07) is 3.27. The molecule has 1 saturated carbocycles. The molecule has 1 saturated heterocycles. The molecule has 0 radical (unpaired) electrons. The van der Waals surface area contributed by atoms with Gasteiger partial charge in [0, 0.05) is 31.4 Å². The maximum absolute atomic E-state index is 5.68. The van der Waals surface area contributed by atoms with E-state index in [1.54, 1.807) is 6.33 Å². The van der Waals surface area contributed by atoms with Crippen molar-refractivity contribution < 1.29 is 0 Å². The summed E-state index contributed by atoms with van der Waals surface area (Å²) in [6.45, 7) is 2.82. The van der Waals surface area contributed by atoms with Crippen LogP contribution in [0.1, 0.15) is 38.5 Å². The number of nitrogens with one attached hydrogen (secondary N) is 1. The van der Waals surface area contributed by atoms with Crippen molar-refractivity contribution in [3.05, 3.63) is 18.6 Å². The number of anilines is 1. The minimum atomic E-state index is 0.535. The maximum Gasteiger partial charge on any atom is 0.142 e. The molecule has 1 N–H and O–H groups in total. The molecule has 126 valence electrons. The minimum absolute atomic E-state index is 0.535. The molecule has 0 aromatic carbocycles. The highest BCUT2D eigenvalue weighted by atomic mass is 15.3. The largest absolute Gasteiger partial charge is 0.354 e. The van der Waals surface area contributed by atoms with Crippen LogP contribution in [0.5, 0.6) is 0 Å². The number of terminal acetylenes is 1. The molecular weight excluding hydrogens is 298 g/mol. The van der Waals surface area contributed by atoms with Gasteiger partial charge in [-0.3, -0.25) is 4.90 Å². The highest BCUT2D eigenvalue weighted by Gasteiger charge is 2.33. The van der Waals surface area contributed by atoms with Gasteiger partial charge in [0.05, 0.1) is 11.9 Å². The monoisotopic (exact) mass is 323 g/mol. The van der Waals surface area contributed by atoms with Crippen LogP contribution in [-0.2, 0) is 0 Å². The first-order valence-corrected chi connectivity index (χ1v) is 9.09. The quantitative estimate of drug-likeness (QED) is 0.879. The summed E-state index contributed by atoms with van der Waals surface area (Å²) in [5, 5.41) is 1.11. The Bertz CT molecular complexity index is 725. The van der Waals surface area contributed by atoms with Crippen LogP contribution in [-0.4, -0.2) is 51.6 Å². The van der Waals surface area contributed by atoms with E-state index in [2.05, 4.69) is 36.7 Å². The fourth-order valence-electron chi connectivity index (χ4n) is 4.39. The molecule has 3 heterocycles. The van der Waals surface area contributed by atoms with Gasteiger partial charge < -0.3 is 9.88 Å². The highest BCUT2D eigenvalue weighted by Crippen LogP contribution is 2.30. The van der Waals surface area contributed by atoms with Gasteiger partial charge in [0.2, 0.25) is 0 Å². The molecule has 0 bridgehead atoms. The van der Waals surface area contributed by atoms with Crippen LogP contribution in [0.2, 0.25) is 0 Å². The van der Waals surface area contributed by atoms with Gasteiger partial charge in [-0.05, 0) is 25.3 Å². The molecule has 5 heteroatoms. The Morgan fingerprint density at radius 1 is 1.21 bits per heavy atom. The summed E-state index contributed by atoms with van der Waals surface area (Å²) >= 11 is 0. The molecule has 2 aromatic rings. The lowest BCUT2D eigenvalue weighted by Gasteiger charge is -2.37. The third-order valence-electron chi connectivity index (χ3n) is 5.58. The molecule has 1 aliphatic carbocycles. The molecule has 0 spiro atoms. The van der Waals surface area contributed by atoms with Crippen LogP contribution in [0.4, 0.5) is 5.82 Å². The number of rotatable bonds is 4. The normalized spacial score (nSPS) is 22.3. The van der Waals surface area contributed by atoms with Crippen LogP contribution >= 0.6 is 0 Å². The second-order valence-electron chi connectivity index (χ2n) is 6.99.